The van der Waals surface area contributed by atoms with Gasteiger partial charge in [0.1, 0.15) is 18.8 Å². The van der Waals surface area contributed by atoms with E-state index in [9.17, 15) is 34.5 Å². The van der Waals surface area contributed by atoms with E-state index in [1.54, 1.807) is 0 Å². The normalized spacial score (nSPS) is 18.9. The molecule has 1 fully saturated rings. The molecule has 0 amide bonds. The van der Waals surface area contributed by atoms with E-state index >= 15 is 0 Å². The van der Waals surface area contributed by atoms with E-state index in [2.05, 4.69) is 136 Å². The summed E-state index contributed by atoms with van der Waals surface area (Å²) in [6.45, 7) is 5.62. The first-order chi connectivity index (χ1) is 38.6. The number of esters is 3. The lowest BCUT2D eigenvalue weighted by molar-refractivity contribution is -0.301. The van der Waals surface area contributed by atoms with Crippen LogP contribution in [0.5, 0.6) is 0 Å². The Morgan fingerprint density at radius 3 is 1.27 bits per heavy atom. The number of carbonyl (C=O) groups is 4. The number of aliphatic carboxylic acids is 1. The Morgan fingerprint density at radius 1 is 0.430 bits per heavy atom. The molecule has 12 nitrogen and oxygen atoms in total. The molecule has 0 saturated carbocycles. The van der Waals surface area contributed by atoms with Crippen molar-refractivity contribution in [3.63, 3.8) is 0 Å². The Morgan fingerprint density at radius 2 is 0.823 bits per heavy atom. The molecule has 0 aromatic rings. The zero-order valence-electron chi connectivity index (χ0n) is 48.5. The van der Waals surface area contributed by atoms with E-state index in [0.29, 0.717) is 32.1 Å². The summed E-state index contributed by atoms with van der Waals surface area (Å²) < 4.78 is 28.2. The van der Waals surface area contributed by atoms with Crippen LogP contribution in [0.3, 0.4) is 0 Å². The van der Waals surface area contributed by atoms with Gasteiger partial charge in [-0.15, -0.1) is 0 Å². The fourth-order valence-corrected chi connectivity index (χ4v) is 7.91. The number of hydrogen-bond acceptors (Lipinski definition) is 11. The fourth-order valence-electron chi connectivity index (χ4n) is 7.91. The number of aliphatic hydroxyl groups excluding tert-OH is 2. The largest absolute Gasteiger partial charge is 0.479 e. The highest BCUT2D eigenvalue weighted by Gasteiger charge is 2.50. The van der Waals surface area contributed by atoms with Crippen molar-refractivity contribution >= 4 is 23.9 Å². The first-order valence-corrected chi connectivity index (χ1v) is 29.8. The topological polar surface area (TPSA) is 175 Å². The number of aliphatic hydroxyl groups is 2. The molecule has 1 heterocycles. The minimum atomic E-state index is -1.95. The highest BCUT2D eigenvalue weighted by atomic mass is 16.7. The number of hydrogen-bond donors (Lipinski definition) is 3. The summed E-state index contributed by atoms with van der Waals surface area (Å²) in [5, 5.41) is 31.5. The van der Waals surface area contributed by atoms with Crippen molar-refractivity contribution in [1.82, 2.24) is 0 Å². The van der Waals surface area contributed by atoms with Gasteiger partial charge in [0.2, 0.25) is 0 Å². The predicted octanol–water partition coefficient (Wildman–Crippen LogP) is 15.6. The molecule has 1 aliphatic rings. The van der Waals surface area contributed by atoms with Crippen LogP contribution >= 0.6 is 0 Å². The molecule has 1 saturated heterocycles. The Hall–Kier alpha value is -5.40. The van der Waals surface area contributed by atoms with Gasteiger partial charge in [-0.1, -0.05) is 212 Å². The van der Waals surface area contributed by atoms with Gasteiger partial charge in [-0.3, -0.25) is 14.4 Å². The lowest BCUT2D eigenvalue weighted by Crippen LogP contribution is -2.61. The Balaban J connectivity index is 2.77. The lowest BCUT2D eigenvalue weighted by Gasteiger charge is -2.40. The second-order valence-corrected chi connectivity index (χ2v) is 19.5. The second-order valence-electron chi connectivity index (χ2n) is 19.5. The molecule has 1 aliphatic heterocycles. The van der Waals surface area contributed by atoms with Crippen LogP contribution in [0.2, 0.25) is 0 Å². The van der Waals surface area contributed by atoms with Crippen LogP contribution in [0, 0.1) is 0 Å². The first kappa shape index (κ1) is 71.6. The van der Waals surface area contributed by atoms with Gasteiger partial charge in [0.25, 0.3) is 0 Å². The van der Waals surface area contributed by atoms with Crippen molar-refractivity contribution in [1.29, 1.82) is 0 Å². The second kappa shape index (κ2) is 53.3. The van der Waals surface area contributed by atoms with E-state index in [-0.39, 0.29) is 25.9 Å². The average molecular weight is 1100 g/mol. The van der Waals surface area contributed by atoms with Crippen molar-refractivity contribution < 1.29 is 58.2 Å². The molecule has 12 heteroatoms. The molecule has 6 atom stereocenters. The molecule has 0 spiro atoms. The maximum Gasteiger partial charge on any atom is 0.335 e. The molecule has 6 unspecified atom stereocenters. The molecule has 1 rings (SSSR count). The SMILES string of the molecule is CC/C=C\C/C=C\C/C=C\C/C=C\C/C=C\C/C=C\CCC(=O)OC1C(OCC(COC(=O)CCCCCCCCC/C=C\C/C=C\CCCCC)OC(=O)CC/C=C\C/C=C\C/C=C\C/C=C\CC)OC(C(=O)O)C(O)C1O. The Labute approximate surface area is 476 Å². The summed E-state index contributed by atoms with van der Waals surface area (Å²) in [5.74, 6) is -3.38. The van der Waals surface area contributed by atoms with Crippen LogP contribution in [-0.2, 0) is 42.9 Å². The molecule has 442 valence electrons. The van der Waals surface area contributed by atoms with Gasteiger partial charge in [-0.2, -0.15) is 0 Å². The highest BCUT2D eigenvalue weighted by Crippen LogP contribution is 2.26. The zero-order valence-corrected chi connectivity index (χ0v) is 48.5. The van der Waals surface area contributed by atoms with Crippen molar-refractivity contribution in [2.24, 2.45) is 0 Å². The zero-order chi connectivity index (χ0) is 57.5. The van der Waals surface area contributed by atoms with Crippen molar-refractivity contribution in [2.75, 3.05) is 13.2 Å². The van der Waals surface area contributed by atoms with Crippen LogP contribution < -0.4 is 0 Å². The van der Waals surface area contributed by atoms with E-state index in [1.165, 1.54) is 25.7 Å². The molecule has 79 heavy (non-hydrogen) atoms. The van der Waals surface area contributed by atoms with Crippen LogP contribution in [-0.4, -0.2) is 89.2 Å². The van der Waals surface area contributed by atoms with Gasteiger partial charge < -0.3 is 39.0 Å². The minimum Gasteiger partial charge on any atom is -0.479 e. The third-order valence-corrected chi connectivity index (χ3v) is 12.4. The predicted molar refractivity (Wildman–Crippen MR) is 321 cm³/mol. The van der Waals surface area contributed by atoms with Crippen molar-refractivity contribution in [3.05, 3.63) is 146 Å². The highest BCUT2D eigenvalue weighted by molar-refractivity contribution is 5.74. The van der Waals surface area contributed by atoms with Gasteiger partial charge in [0.15, 0.2) is 24.6 Å². The Kier molecular flexibility index (Phi) is 48.3. The van der Waals surface area contributed by atoms with Gasteiger partial charge in [-0.25, -0.2) is 4.79 Å². The summed E-state index contributed by atoms with van der Waals surface area (Å²) in [6.07, 6.45) is 64.1. The van der Waals surface area contributed by atoms with E-state index in [0.717, 1.165) is 103 Å². The molecular formula is C67H102O12. The van der Waals surface area contributed by atoms with Crippen molar-refractivity contribution in [2.45, 2.75) is 237 Å². The molecular weight excluding hydrogens is 997 g/mol. The summed E-state index contributed by atoms with van der Waals surface area (Å²) in [6, 6.07) is 0. The van der Waals surface area contributed by atoms with E-state index < -0.39 is 67.3 Å². The number of carboxylic acids is 1. The molecule has 3 N–H and O–H groups in total. The van der Waals surface area contributed by atoms with Crippen LogP contribution in [0.1, 0.15) is 201 Å². The number of ether oxygens (including phenoxy) is 5. The minimum absolute atomic E-state index is 0.0230. The Bertz CT molecular complexity index is 1930. The smallest absolute Gasteiger partial charge is 0.335 e. The molecule has 0 aromatic carbocycles. The number of allylic oxidation sites excluding steroid dienone is 24. The maximum absolute atomic E-state index is 13.1. The average Bonchev–Trinajstić information content (AvgIpc) is 3.46. The quantitative estimate of drug-likeness (QED) is 0.0228. The van der Waals surface area contributed by atoms with Gasteiger partial charge in [0.05, 0.1) is 6.61 Å². The molecule has 0 aliphatic carbocycles. The standard InChI is InChI=1S/C67H102O12/c1-4-7-10-13-16-19-22-25-27-29-30-32-34-37-40-43-46-49-52-55-61(70)78-65-63(72)62(71)64(66(73)74)79-67(65)76-57-58(77-60(69)54-51-48-45-42-39-35-24-21-18-15-12-9-6-3)56-75-59(68)53-50-47-44-41-38-36-33-31-28-26-23-20-17-14-11-8-5-2/h7,9-10,12,16-21,25-28,30,32,35,37,39-40,45-46,48-49,58,62-65,67,71-72H,4-6,8,11,13-15,22-24,29,31,33-34,36,38,41-44,47,50-57H2,1-3H3,(H,73,74)/b10-7-,12-9-,19-16-,20-17-,21-18-,27-25-,28-26-,32-30-,39-35-,40-37-,48-45-,49-46-. The maximum atomic E-state index is 13.1. The van der Waals surface area contributed by atoms with E-state index in [1.807, 2.05) is 30.4 Å². The number of rotatable bonds is 48. The van der Waals surface area contributed by atoms with Gasteiger partial charge >= 0.3 is 23.9 Å². The molecule has 0 radical (unpaired) electrons. The summed E-state index contributed by atoms with van der Waals surface area (Å²) in [5.41, 5.74) is 0. The summed E-state index contributed by atoms with van der Waals surface area (Å²) in [4.78, 5) is 51.1. The van der Waals surface area contributed by atoms with Crippen LogP contribution in [0.15, 0.2) is 146 Å². The third-order valence-electron chi connectivity index (χ3n) is 12.4. The number of carbonyl (C=O) groups excluding carboxylic acids is 3. The monoisotopic (exact) mass is 1100 g/mol. The number of unbranched alkanes of at least 4 members (excludes halogenated alkanes) is 10. The molecule has 0 aromatic heterocycles. The third kappa shape index (κ3) is 43.1. The summed E-state index contributed by atoms with van der Waals surface area (Å²) >= 11 is 0. The number of carboxylic acid groups (broad SMARTS) is 1. The first-order valence-electron chi connectivity index (χ1n) is 29.8. The molecule has 0 bridgehead atoms. The van der Waals surface area contributed by atoms with Crippen LogP contribution in [0.4, 0.5) is 0 Å². The van der Waals surface area contributed by atoms with Gasteiger partial charge in [0, 0.05) is 19.3 Å². The van der Waals surface area contributed by atoms with Gasteiger partial charge in [-0.05, 0) is 116 Å². The fraction of sp³-hybridized carbons (Fsp3) is 0.582. The summed E-state index contributed by atoms with van der Waals surface area (Å²) in [7, 11) is 0. The van der Waals surface area contributed by atoms with E-state index in [4.69, 9.17) is 23.7 Å². The van der Waals surface area contributed by atoms with Crippen molar-refractivity contribution in [3.8, 4) is 0 Å². The van der Waals surface area contributed by atoms with Crippen LogP contribution in [0.25, 0.3) is 0 Å². The lowest BCUT2D eigenvalue weighted by atomic mass is 9.98.